The Kier molecular flexibility index (Phi) is 5.88. The lowest BCUT2D eigenvalue weighted by atomic mass is 9.86. The maximum atomic E-state index is 14.4. The number of rotatable bonds is 6. The Morgan fingerprint density at radius 3 is 2.60 bits per heavy atom. The molecule has 2 heterocycles. The van der Waals surface area contributed by atoms with Crippen molar-refractivity contribution in [3.05, 3.63) is 77.1 Å². The number of aryl methyl sites for hydroxylation is 2. The highest BCUT2D eigenvalue weighted by Crippen LogP contribution is 2.37. The van der Waals surface area contributed by atoms with Crippen LogP contribution in [-0.4, -0.2) is 29.9 Å². The number of imidazole rings is 1. The molecule has 0 amide bonds. The van der Waals surface area contributed by atoms with Gasteiger partial charge in [0.2, 0.25) is 0 Å². The van der Waals surface area contributed by atoms with E-state index in [1.165, 1.54) is 12.1 Å². The number of halogens is 1. The molecule has 3 aromatic rings. The van der Waals surface area contributed by atoms with Crippen molar-refractivity contribution >= 4 is 0 Å². The summed E-state index contributed by atoms with van der Waals surface area (Å²) in [5, 5.41) is 0. The van der Waals surface area contributed by atoms with Gasteiger partial charge in [-0.15, -0.1) is 0 Å². The minimum atomic E-state index is -0.529. The Labute approximate surface area is 176 Å². The highest BCUT2D eigenvalue weighted by Gasteiger charge is 2.35. The maximum absolute atomic E-state index is 14.4. The number of aromatic nitrogens is 2. The van der Waals surface area contributed by atoms with E-state index in [2.05, 4.69) is 11.1 Å². The van der Waals surface area contributed by atoms with Crippen LogP contribution in [0, 0.1) is 19.7 Å². The van der Waals surface area contributed by atoms with Crippen LogP contribution in [0.4, 0.5) is 4.39 Å². The van der Waals surface area contributed by atoms with Gasteiger partial charge in [-0.3, -0.25) is 0 Å². The second kappa shape index (κ2) is 8.58. The van der Waals surface area contributed by atoms with E-state index in [0.717, 1.165) is 28.2 Å². The van der Waals surface area contributed by atoms with E-state index < -0.39 is 5.60 Å². The summed E-state index contributed by atoms with van der Waals surface area (Å²) in [5.41, 5.74) is 3.48. The Bertz CT molecular complexity index is 1030. The van der Waals surface area contributed by atoms with Crippen molar-refractivity contribution in [2.24, 2.45) is 0 Å². The van der Waals surface area contributed by atoms with E-state index in [4.69, 9.17) is 14.2 Å². The first kappa shape index (κ1) is 20.6. The third-order valence-electron chi connectivity index (χ3n) is 5.91. The Balaban J connectivity index is 1.53. The zero-order chi connectivity index (χ0) is 21.1. The van der Waals surface area contributed by atoms with Gasteiger partial charge in [-0.05, 0) is 54.8 Å². The first-order valence-corrected chi connectivity index (χ1v) is 10.2. The average molecular weight is 410 g/mol. The molecule has 0 N–H and O–H groups in total. The molecule has 1 aliphatic heterocycles. The molecule has 6 heteroatoms. The van der Waals surface area contributed by atoms with Gasteiger partial charge < -0.3 is 18.8 Å². The largest absolute Gasteiger partial charge is 0.489 e. The van der Waals surface area contributed by atoms with Crippen LogP contribution in [0.1, 0.15) is 35.4 Å². The molecule has 0 aliphatic carbocycles. The van der Waals surface area contributed by atoms with Crippen molar-refractivity contribution < 1.29 is 18.6 Å². The summed E-state index contributed by atoms with van der Waals surface area (Å²) in [6, 6.07) is 11.0. The summed E-state index contributed by atoms with van der Waals surface area (Å²) in [4.78, 5) is 4.27. The quantitative estimate of drug-likeness (QED) is 0.582. The first-order chi connectivity index (χ1) is 14.5. The SMILES string of the molecule is COC1(c2cc(F)cc(OCc3ccc(-n4ccnc4C)cc3C)c2)CCOCC1. The summed E-state index contributed by atoms with van der Waals surface area (Å²) < 4.78 is 33.7. The van der Waals surface area contributed by atoms with Gasteiger partial charge in [0.25, 0.3) is 0 Å². The van der Waals surface area contributed by atoms with Crippen molar-refractivity contribution in [2.75, 3.05) is 20.3 Å². The van der Waals surface area contributed by atoms with Gasteiger partial charge in [-0.1, -0.05) is 6.07 Å². The van der Waals surface area contributed by atoms with Crippen LogP contribution in [0.3, 0.4) is 0 Å². The Morgan fingerprint density at radius 2 is 1.93 bits per heavy atom. The molecule has 0 bridgehead atoms. The van der Waals surface area contributed by atoms with Crippen molar-refractivity contribution in [1.29, 1.82) is 0 Å². The molecule has 5 nitrogen and oxygen atoms in total. The molecule has 0 atom stereocenters. The molecule has 1 saturated heterocycles. The number of methoxy groups -OCH3 is 1. The lowest BCUT2D eigenvalue weighted by Gasteiger charge is -2.36. The third-order valence-corrected chi connectivity index (χ3v) is 5.91. The molecule has 1 fully saturated rings. The van der Waals surface area contributed by atoms with Crippen LogP contribution in [0.25, 0.3) is 5.69 Å². The van der Waals surface area contributed by atoms with Crippen LogP contribution in [0.2, 0.25) is 0 Å². The zero-order valence-electron chi connectivity index (χ0n) is 17.7. The highest BCUT2D eigenvalue weighted by molar-refractivity contribution is 5.41. The fraction of sp³-hybridized carbons (Fsp3) is 0.375. The topological polar surface area (TPSA) is 45.5 Å². The van der Waals surface area contributed by atoms with Crippen molar-refractivity contribution in [3.63, 3.8) is 0 Å². The van der Waals surface area contributed by atoms with Gasteiger partial charge in [-0.25, -0.2) is 9.37 Å². The monoisotopic (exact) mass is 410 g/mol. The standard InChI is InChI=1S/C24H27FN2O3/c1-17-12-22(27-9-8-26-18(27)2)5-4-19(17)16-30-23-14-20(13-21(25)15-23)24(28-3)6-10-29-11-7-24/h4-5,8-9,12-15H,6-7,10-11,16H2,1-3H3. The fourth-order valence-electron chi connectivity index (χ4n) is 4.02. The van der Waals surface area contributed by atoms with E-state index in [0.29, 0.717) is 38.4 Å². The van der Waals surface area contributed by atoms with Crippen LogP contribution in [-0.2, 0) is 21.7 Å². The smallest absolute Gasteiger partial charge is 0.127 e. The highest BCUT2D eigenvalue weighted by atomic mass is 19.1. The lowest BCUT2D eigenvalue weighted by Crippen LogP contribution is -2.35. The van der Waals surface area contributed by atoms with E-state index >= 15 is 0 Å². The predicted octanol–water partition coefficient (Wildman–Crippen LogP) is 4.86. The Morgan fingerprint density at radius 1 is 1.13 bits per heavy atom. The molecule has 158 valence electrons. The fourth-order valence-corrected chi connectivity index (χ4v) is 4.02. The second-order valence-corrected chi connectivity index (χ2v) is 7.73. The minimum Gasteiger partial charge on any atom is -0.489 e. The summed E-state index contributed by atoms with van der Waals surface area (Å²) >= 11 is 0. The number of nitrogens with zero attached hydrogens (tertiary/aromatic N) is 2. The molecule has 30 heavy (non-hydrogen) atoms. The van der Waals surface area contributed by atoms with Crippen molar-refractivity contribution in [2.45, 2.75) is 38.9 Å². The molecule has 1 aromatic heterocycles. The van der Waals surface area contributed by atoms with Gasteiger partial charge >= 0.3 is 0 Å². The summed E-state index contributed by atoms with van der Waals surface area (Å²) in [6.07, 6.45) is 5.12. The molecule has 0 radical (unpaired) electrons. The molecule has 0 saturated carbocycles. The van der Waals surface area contributed by atoms with Crippen molar-refractivity contribution in [3.8, 4) is 11.4 Å². The lowest BCUT2D eigenvalue weighted by molar-refractivity contribution is -0.0950. The van der Waals surface area contributed by atoms with E-state index in [9.17, 15) is 4.39 Å². The first-order valence-electron chi connectivity index (χ1n) is 10.2. The molecular weight excluding hydrogens is 383 g/mol. The average Bonchev–Trinajstić information content (AvgIpc) is 3.19. The second-order valence-electron chi connectivity index (χ2n) is 7.73. The molecule has 4 rings (SSSR count). The predicted molar refractivity (Wildman–Crippen MR) is 113 cm³/mol. The van der Waals surface area contributed by atoms with Crippen LogP contribution >= 0.6 is 0 Å². The van der Waals surface area contributed by atoms with Gasteiger partial charge in [0, 0.05) is 57.3 Å². The number of hydrogen-bond acceptors (Lipinski definition) is 4. The molecule has 0 unspecified atom stereocenters. The van der Waals surface area contributed by atoms with E-state index in [1.807, 2.05) is 42.8 Å². The maximum Gasteiger partial charge on any atom is 0.127 e. The Hall–Kier alpha value is -2.70. The number of hydrogen-bond donors (Lipinski definition) is 0. The number of benzene rings is 2. The third kappa shape index (κ3) is 4.11. The van der Waals surface area contributed by atoms with Crippen LogP contribution < -0.4 is 4.74 Å². The van der Waals surface area contributed by atoms with Gasteiger partial charge in [-0.2, -0.15) is 0 Å². The van der Waals surface area contributed by atoms with Crippen LogP contribution in [0.15, 0.2) is 48.8 Å². The molecular formula is C24H27FN2O3. The number of ether oxygens (including phenoxy) is 3. The van der Waals surface area contributed by atoms with Gasteiger partial charge in [0.1, 0.15) is 24.0 Å². The molecule has 1 aliphatic rings. The molecule has 0 spiro atoms. The van der Waals surface area contributed by atoms with Crippen molar-refractivity contribution in [1.82, 2.24) is 9.55 Å². The van der Waals surface area contributed by atoms with Gasteiger partial charge in [0.05, 0.1) is 5.60 Å². The summed E-state index contributed by atoms with van der Waals surface area (Å²) in [7, 11) is 1.67. The minimum absolute atomic E-state index is 0.326. The summed E-state index contributed by atoms with van der Waals surface area (Å²) in [5.74, 6) is 1.11. The molecule has 2 aromatic carbocycles. The van der Waals surface area contributed by atoms with Gasteiger partial charge in [0.15, 0.2) is 0 Å². The van der Waals surface area contributed by atoms with Crippen LogP contribution in [0.5, 0.6) is 5.75 Å². The zero-order valence-corrected chi connectivity index (χ0v) is 17.7. The van der Waals surface area contributed by atoms with E-state index in [-0.39, 0.29) is 5.82 Å². The summed E-state index contributed by atoms with van der Waals surface area (Å²) in [6.45, 7) is 5.58. The van der Waals surface area contributed by atoms with E-state index in [1.54, 1.807) is 13.3 Å². The normalized spacial score (nSPS) is 15.9.